The zero-order valence-corrected chi connectivity index (χ0v) is 20.2. The van der Waals surface area contributed by atoms with Crippen LogP contribution in [0.5, 0.6) is 5.75 Å². The lowest BCUT2D eigenvalue weighted by Crippen LogP contribution is -2.38. The van der Waals surface area contributed by atoms with E-state index in [2.05, 4.69) is 26.8 Å². The van der Waals surface area contributed by atoms with Gasteiger partial charge in [0.05, 0.1) is 18.5 Å². The standard InChI is InChI=1S/C23H28FN5O.HI/c1-3-25-23(26-15-12-18-6-4-5-7-22(18)30-2)27-16-13-20-14-17-29(28-20)21-10-8-19(24)9-11-21;/h4-11,14,17H,3,12-13,15-16H2,1-2H3,(H2,25,26,27);1H. The Labute approximate surface area is 199 Å². The highest BCUT2D eigenvalue weighted by Crippen LogP contribution is 2.17. The highest BCUT2D eigenvalue weighted by Gasteiger charge is 2.04. The minimum Gasteiger partial charge on any atom is -0.496 e. The molecule has 0 fully saturated rings. The largest absolute Gasteiger partial charge is 0.496 e. The van der Waals surface area contributed by atoms with Crippen molar-refractivity contribution in [1.29, 1.82) is 0 Å². The van der Waals surface area contributed by atoms with Crippen LogP contribution < -0.4 is 15.4 Å². The molecule has 6 nitrogen and oxygen atoms in total. The number of benzene rings is 2. The van der Waals surface area contributed by atoms with E-state index in [1.165, 1.54) is 12.1 Å². The summed E-state index contributed by atoms with van der Waals surface area (Å²) in [5.74, 6) is 1.43. The van der Waals surface area contributed by atoms with Crippen molar-refractivity contribution in [3.8, 4) is 11.4 Å². The van der Waals surface area contributed by atoms with Crippen molar-refractivity contribution in [3.63, 3.8) is 0 Å². The molecule has 1 heterocycles. The SMILES string of the molecule is CCNC(=NCCc1ccn(-c2ccc(F)cc2)n1)NCCc1ccccc1OC.I. The maximum Gasteiger partial charge on any atom is 0.191 e. The predicted molar refractivity (Wildman–Crippen MR) is 133 cm³/mol. The Balaban J connectivity index is 0.00000341. The third kappa shape index (κ3) is 7.54. The number of hydrogen-bond donors (Lipinski definition) is 2. The van der Waals surface area contributed by atoms with E-state index in [4.69, 9.17) is 4.74 Å². The highest BCUT2D eigenvalue weighted by molar-refractivity contribution is 14.0. The minimum absolute atomic E-state index is 0. The summed E-state index contributed by atoms with van der Waals surface area (Å²) in [6, 6.07) is 16.3. The van der Waals surface area contributed by atoms with Crippen molar-refractivity contribution < 1.29 is 9.13 Å². The van der Waals surface area contributed by atoms with E-state index in [0.29, 0.717) is 6.54 Å². The van der Waals surface area contributed by atoms with E-state index in [1.807, 2.05) is 37.4 Å². The van der Waals surface area contributed by atoms with Gasteiger partial charge in [0.2, 0.25) is 0 Å². The quantitative estimate of drug-likeness (QED) is 0.246. The molecule has 0 atom stereocenters. The first-order valence-electron chi connectivity index (χ1n) is 10.1. The summed E-state index contributed by atoms with van der Waals surface area (Å²) < 4.78 is 20.2. The summed E-state index contributed by atoms with van der Waals surface area (Å²) in [5, 5.41) is 11.2. The lowest BCUT2D eigenvalue weighted by atomic mass is 10.1. The first-order chi connectivity index (χ1) is 14.7. The van der Waals surface area contributed by atoms with Crippen LogP contribution in [0, 0.1) is 5.82 Å². The maximum atomic E-state index is 13.1. The Morgan fingerprint density at radius 2 is 1.84 bits per heavy atom. The fourth-order valence-electron chi connectivity index (χ4n) is 3.08. The summed E-state index contributed by atoms with van der Waals surface area (Å²) in [5.41, 5.74) is 2.93. The summed E-state index contributed by atoms with van der Waals surface area (Å²) in [4.78, 5) is 4.64. The third-order valence-electron chi connectivity index (χ3n) is 4.60. The second-order valence-corrected chi connectivity index (χ2v) is 6.73. The predicted octanol–water partition coefficient (Wildman–Crippen LogP) is 3.98. The van der Waals surface area contributed by atoms with Gasteiger partial charge in [0.15, 0.2) is 5.96 Å². The second kappa shape index (κ2) is 12.9. The Kier molecular flexibility index (Phi) is 10.3. The summed E-state index contributed by atoms with van der Waals surface area (Å²) in [7, 11) is 1.69. The van der Waals surface area contributed by atoms with Gasteiger partial charge in [-0.1, -0.05) is 18.2 Å². The van der Waals surface area contributed by atoms with E-state index in [1.54, 1.807) is 23.9 Å². The van der Waals surface area contributed by atoms with Gasteiger partial charge in [0.1, 0.15) is 11.6 Å². The molecule has 31 heavy (non-hydrogen) atoms. The fraction of sp³-hybridized carbons (Fsp3) is 0.304. The molecule has 0 bridgehead atoms. The number of para-hydroxylation sites is 1. The molecule has 8 heteroatoms. The van der Waals surface area contributed by atoms with Gasteiger partial charge >= 0.3 is 0 Å². The zero-order valence-electron chi connectivity index (χ0n) is 17.8. The van der Waals surface area contributed by atoms with Gasteiger partial charge in [0.25, 0.3) is 0 Å². The molecule has 0 saturated carbocycles. The number of nitrogens with zero attached hydrogens (tertiary/aromatic N) is 3. The van der Waals surface area contributed by atoms with Crippen molar-refractivity contribution in [2.45, 2.75) is 19.8 Å². The zero-order chi connectivity index (χ0) is 21.2. The van der Waals surface area contributed by atoms with Gasteiger partial charge in [-0.25, -0.2) is 9.07 Å². The normalized spacial score (nSPS) is 11.0. The van der Waals surface area contributed by atoms with Gasteiger partial charge in [-0.05, 0) is 55.3 Å². The number of guanidine groups is 1. The van der Waals surface area contributed by atoms with Gasteiger partial charge in [-0.15, -0.1) is 24.0 Å². The molecule has 0 radical (unpaired) electrons. The molecule has 0 aliphatic carbocycles. The summed E-state index contributed by atoms with van der Waals surface area (Å²) in [6.45, 7) is 4.21. The average Bonchev–Trinajstić information content (AvgIpc) is 3.23. The van der Waals surface area contributed by atoms with Crippen molar-refractivity contribution >= 4 is 29.9 Å². The topological polar surface area (TPSA) is 63.5 Å². The van der Waals surface area contributed by atoms with Crippen LogP contribution in [-0.4, -0.2) is 42.5 Å². The van der Waals surface area contributed by atoms with E-state index in [0.717, 1.165) is 54.6 Å². The van der Waals surface area contributed by atoms with E-state index >= 15 is 0 Å². The molecule has 1 aromatic heterocycles. The molecule has 166 valence electrons. The number of methoxy groups -OCH3 is 1. The minimum atomic E-state index is -0.255. The number of aromatic nitrogens is 2. The Bertz CT molecular complexity index is 959. The molecular formula is C23H29FIN5O. The third-order valence-corrected chi connectivity index (χ3v) is 4.60. The number of halogens is 2. The van der Waals surface area contributed by atoms with Crippen LogP contribution in [-0.2, 0) is 12.8 Å². The van der Waals surface area contributed by atoms with Crippen molar-refractivity contribution in [1.82, 2.24) is 20.4 Å². The van der Waals surface area contributed by atoms with Crippen molar-refractivity contribution in [2.75, 3.05) is 26.7 Å². The van der Waals surface area contributed by atoms with E-state index in [9.17, 15) is 4.39 Å². The Hall–Kier alpha value is -2.62. The van der Waals surface area contributed by atoms with Crippen LogP contribution in [0.3, 0.4) is 0 Å². The number of rotatable bonds is 9. The van der Waals surface area contributed by atoms with Crippen LogP contribution in [0.15, 0.2) is 65.8 Å². The summed E-state index contributed by atoms with van der Waals surface area (Å²) >= 11 is 0. The van der Waals surface area contributed by atoms with Crippen LogP contribution in [0.2, 0.25) is 0 Å². The second-order valence-electron chi connectivity index (χ2n) is 6.73. The maximum absolute atomic E-state index is 13.1. The van der Waals surface area contributed by atoms with Gasteiger partial charge < -0.3 is 15.4 Å². The summed E-state index contributed by atoms with van der Waals surface area (Å²) in [6.07, 6.45) is 3.44. The number of aliphatic imine (C=N–C) groups is 1. The molecule has 0 amide bonds. The number of nitrogens with one attached hydrogen (secondary N) is 2. The van der Waals surface area contributed by atoms with Gasteiger partial charge in [0, 0.05) is 32.3 Å². The molecule has 2 N–H and O–H groups in total. The first-order valence-corrected chi connectivity index (χ1v) is 10.1. The molecule has 2 aromatic carbocycles. The van der Waals surface area contributed by atoms with E-state index < -0.39 is 0 Å². The Morgan fingerprint density at radius 1 is 1.06 bits per heavy atom. The van der Waals surface area contributed by atoms with Crippen LogP contribution in [0.1, 0.15) is 18.2 Å². The first kappa shape index (κ1) is 24.6. The molecule has 0 aliphatic heterocycles. The molecule has 0 unspecified atom stereocenters. The molecule has 0 spiro atoms. The monoisotopic (exact) mass is 537 g/mol. The lowest BCUT2D eigenvalue weighted by Gasteiger charge is -2.12. The van der Waals surface area contributed by atoms with Crippen LogP contribution in [0.25, 0.3) is 5.69 Å². The van der Waals surface area contributed by atoms with Crippen LogP contribution in [0.4, 0.5) is 4.39 Å². The smallest absolute Gasteiger partial charge is 0.191 e. The molecule has 3 aromatic rings. The number of ether oxygens (including phenoxy) is 1. The molecule has 3 rings (SSSR count). The van der Waals surface area contributed by atoms with Gasteiger partial charge in [-0.3, -0.25) is 4.99 Å². The molecule has 0 aliphatic rings. The van der Waals surface area contributed by atoms with Crippen LogP contribution >= 0.6 is 24.0 Å². The van der Waals surface area contributed by atoms with Gasteiger partial charge in [-0.2, -0.15) is 5.10 Å². The number of hydrogen-bond acceptors (Lipinski definition) is 3. The van der Waals surface area contributed by atoms with Crippen molar-refractivity contribution in [2.24, 2.45) is 4.99 Å². The Morgan fingerprint density at radius 3 is 2.58 bits per heavy atom. The van der Waals surface area contributed by atoms with E-state index in [-0.39, 0.29) is 29.8 Å². The molecule has 0 saturated heterocycles. The molecular weight excluding hydrogens is 508 g/mol. The average molecular weight is 537 g/mol. The highest BCUT2D eigenvalue weighted by atomic mass is 127. The fourth-order valence-corrected chi connectivity index (χ4v) is 3.08. The lowest BCUT2D eigenvalue weighted by molar-refractivity contribution is 0.409. The van der Waals surface area contributed by atoms with Crippen molar-refractivity contribution in [3.05, 3.63) is 77.9 Å².